The first-order valence-electron chi connectivity index (χ1n) is 3.86. The summed E-state index contributed by atoms with van der Waals surface area (Å²) in [6, 6.07) is 3.69. The summed E-state index contributed by atoms with van der Waals surface area (Å²) in [6.07, 6.45) is 4.31. The number of hydrogen-bond donors (Lipinski definition) is 0. The van der Waals surface area contributed by atoms with Crippen molar-refractivity contribution < 1.29 is 4.79 Å². The van der Waals surface area contributed by atoms with Gasteiger partial charge in [0.2, 0.25) is 0 Å². The Morgan fingerprint density at radius 1 is 1.54 bits per heavy atom. The van der Waals surface area contributed by atoms with E-state index in [1.165, 1.54) is 0 Å². The Kier molecular flexibility index (Phi) is 2.02. The first-order valence-corrected chi connectivity index (χ1v) is 4.23. The van der Waals surface area contributed by atoms with Crippen LogP contribution in [0.2, 0.25) is 5.15 Å². The zero-order chi connectivity index (χ0) is 9.26. The number of nitrogens with zero attached hydrogens (tertiary/aromatic N) is 2. The van der Waals surface area contributed by atoms with Gasteiger partial charge in [-0.25, -0.2) is 4.98 Å². The number of carbonyl (C=O) groups excluding carboxylic acids is 1. The van der Waals surface area contributed by atoms with Crippen molar-refractivity contribution in [3.63, 3.8) is 0 Å². The quantitative estimate of drug-likeness (QED) is 0.541. The van der Waals surface area contributed by atoms with Gasteiger partial charge in [0.15, 0.2) is 0 Å². The highest BCUT2D eigenvalue weighted by Gasteiger charge is 2.03. The van der Waals surface area contributed by atoms with E-state index in [2.05, 4.69) is 4.98 Å². The second kappa shape index (κ2) is 3.18. The van der Waals surface area contributed by atoms with Crippen LogP contribution in [0.3, 0.4) is 0 Å². The summed E-state index contributed by atoms with van der Waals surface area (Å²) in [7, 11) is 0. The highest BCUT2D eigenvalue weighted by molar-refractivity contribution is 6.34. The monoisotopic (exact) mass is 194 g/mol. The fraction of sp³-hybridized carbons (Fsp3) is 0.111. The highest BCUT2D eigenvalue weighted by Crippen LogP contribution is 2.21. The van der Waals surface area contributed by atoms with E-state index in [0.29, 0.717) is 11.7 Å². The topological polar surface area (TPSA) is 34.9 Å². The van der Waals surface area contributed by atoms with Crippen LogP contribution in [0.25, 0.3) is 10.9 Å². The summed E-state index contributed by atoms with van der Waals surface area (Å²) in [5.41, 5.74) is 0.937. The minimum atomic E-state index is 0.351. The molecule has 0 aliphatic carbocycles. The summed E-state index contributed by atoms with van der Waals surface area (Å²) < 4.78 is 1.83. The predicted octanol–water partition coefficient (Wildman–Crippen LogP) is 1.89. The molecule has 0 unspecified atom stereocenters. The molecule has 2 heterocycles. The van der Waals surface area contributed by atoms with Crippen LogP contribution in [0.5, 0.6) is 0 Å². The molecule has 0 aliphatic heterocycles. The van der Waals surface area contributed by atoms with E-state index >= 15 is 0 Å². The molecule has 0 amide bonds. The van der Waals surface area contributed by atoms with Gasteiger partial charge in [0.25, 0.3) is 0 Å². The van der Waals surface area contributed by atoms with Crippen LogP contribution in [0, 0.1) is 0 Å². The van der Waals surface area contributed by atoms with Crippen molar-refractivity contribution in [3.05, 3.63) is 29.7 Å². The summed E-state index contributed by atoms with van der Waals surface area (Å²) in [4.78, 5) is 14.3. The zero-order valence-electron chi connectivity index (χ0n) is 6.77. The standard InChI is InChI=1S/C9H7ClN2O/c10-9-7-2-4-12(5-6-13)8(7)1-3-11-9/h1-4,6H,5H2. The molecular weight excluding hydrogens is 188 g/mol. The van der Waals surface area contributed by atoms with E-state index in [1.54, 1.807) is 6.20 Å². The van der Waals surface area contributed by atoms with E-state index in [1.807, 2.05) is 22.9 Å². The van der Waals surface area contributed by atoms with Crippen LogP contribution in [0.1, 0.15) is 0 Å². The van der Waals surface area contributed by atoms with Gasteiger partial charge in [-0.2, -0.15) is 0 Å². The second-order valence-corrected chi connectivity index (χ2v) is 3.03. The van der Waals surface area contributed by atoms with E-state index in [-0.39, 0.29) is 0 Å². The third kappa shape index (κ3) is 1.31. The van der Waals surface area contributed by atoms with Gasteiger partial charge in [-0.15, -0.1) is 0 Å². The Morgan fingerprint density at radius 2 is 2.38 bits per heavy atom. The van der Waals surface area contributed by atoms with Crippen LogP contribution >= 0.6 is 11.6 Å². The molecule has 4 heteroatoms. The lowest BCUT2D eigenvalue weighted by Crippen LogP contribution is -1.95. The average Bonchev–Trinajstić information content (AvgIpc) is 2.51. The summed E-state index contributed by atoms with van der Waals surface area (Å²) in [5.74, 6) is 0. The van der Waals surface area contributed by atoms with Crippen LogP contribution in [-0.2, 0) is 11.3 Å². The summed E-state index contributed by atoms with van der Waals surface area (Å²) in [5, 5.41) is 1.35. The van der Waals surface area contributed by atoms with Gasteiger partial charge in [0.05, 0.1) is 12.1 Å². The van der Waals surface area contributed by atoms with Gasteiger partial charge in [-0.3, -0.25) is 0 Å². The van der Waals surface area contributed by atoms with Crippen molar-refractivity contribution >= 4 is 28.8 Å². The molecule has 3 nitrogen and oxygen atoms in total. The molecule has 0 N–H and O–H groups in total. The minimum absolute atomic E-state index is 0.351. The van der Waals surface area contributed by atoms with Gasteiger partial charge in [-0.1, -0.05) is 11.6 Å². The largest absolute Gasteiger partial charge is 0.340 e. The molecule has 0 saturated heterocycles. The second-order valence-electron chi connectivity index (χ2n) is 2.67. The summed E-state index contributed by atoms with van der Waals surface area (Å²) >= 11 is 5.86. The minimum Gasteiger partial charge on any atom is -0.340 e. The maximum Gasteiger partial charge on any atom is 0.139 e. The lowest BCUT2D eigenvalue weighted by molar-refractivity contribution is -0.108. The normalized spacial score (nSPS) is 10.5. The molecule has 0 bridgehead atoms. The number of hydrogen-bond acceptors (Lipinski definition) is 2. The van der Waals surface area contributed by atoms with Crippen molar-refractivity contribution in [1.82, 2.24) is 9.55 Å². The van der Waals surface area contributed by atoms with Crippen molar-refractivity contribution in [3.8, 4) is 0 Å². The zero-order valence-corrected chi connectivity index (χ0v) is 7.53. The Balaban J connectivity index is 2.67. The number of pyridine rings is 1. The molecule has 0 spiro atoms. The average molecular weight is 195 g/mol. The Bertz CT molecular complexity index is 450. The van der Waals surface area contributed by atoms with Gasteiger partial charge in [0.1, 0.15) is 11.4 Å². The smallest absolute Gasteiger partial charge is 0.139 e. The van der Waals surface area contributed by atoms with Crippen LogP contribution in [0.15, 0.2) is 24.5 Å². The number of aromatic nitrogens is 2. The molecule has 2 aromatic rings. The van der Waals surface area contributed by atoms with E-state index in [9.17, 15) is 4.79 Å². The molecule has 0 radical (unpaired) electrons. The molecule has 0 fully saturated rings. The molecular formula is C9H7ClN2O. The molecule has 0 aliphatic rings. The van der Waals surface area contributed by atoms with Crippen molar-refractivity contribution in [1.29, 1.82) is 0 Å². The van der Waals surface area contributed by atoms with E-state index < -0.39 is 0 Å². The SMILES string of the molecule is O=CCn1ccc2c(Cl)nccc21. The lowest BCUT2D eigenvalue weighted by Gasteiger charge is -1.98. The predicted molar refractivity (Wildman–Crippen MR) is 50.8 cm³/mol. The summed E-state index contributed by atoms with van der Waals surface area (Å²) in [6.45, 7) is 0.351. The first-order chi connectivity index (χ1) is 6.33. The van der Waals surface area contributed by atoms with E-state index in [4.69, 9.17) is 11.6 Å². The Hall–Kier alpha value is -1.35. The van der Waals surface area contributed by atoms with Crippen LogP contribution < -0.4 is 0 Å². The maximum atomic E-state index is 10.3. The van der Waals surface area contributed by atoms with Gasteiger partial charge in [0, 0.05) is 17.8 Å². The first kappa shape index (κ1) is 8.26. The fourth-order valence-electron chi connectivity index (χ4n) is 1.33. The third-order valence-electron chi connectivity index (χ3n) is 1.92. The van der Waals surface area contributed by atoms with E-state index in [0.717, 1.165) is 17.2 Å². The number of aldehydes is 1. The van der Waals surface area contributed by atoms with Crippen molar-refractivity contribution in [2.45, 2.75) is 6.54 Å². The van der Waals surface area contributed by atoms with Gasteiger partial charge < -0.3 is 9.36 Å². The van der Waals surface area contributed by atoms with Gasteiger partial charge in [-0.05, 0) is 12.1 Å². The lowest BCUT2D eigenvalue weighted by atomic mass is 10.3. The highest BCUT2D eigenvalue weighted by atomic mass is 35.5. The molecule has 13 heavy (non-hydrogen) atoms. The molecule has 2 rings (SSSR count). The molecule has 0 saturated carbocycles. The Morgan fingerprint density at radius 3 is 3.15 bits per heavy atom. The number of halogens is 1. The fourth-order valence-corrected chi connectivity index (χ4v) is 1.54. The third-order valence-corrected chi connectivity index (χ3v) is 2.22. The number of carbonyl (C=O) groups is 1. The molecule has 2 aromatic heterocycles. The molecule has 0 aromatic carbocycles. The Labute approximate surface area is 79.9 Å². The maximum absolute atomic E-state index is 10.3. The van der Waals surface area contributed by atoms with Crippen LogP contribution in [-0.4, -0.2) is 15.8 Å². The van der Waals surface area contributed by atoms with Crippen LogP contribution in [0.4, 0.5) is 0 Å². The molecule has 0 atom stereocenters. The molecule has 66 valence electrons. The van der Waals surface area contributed by atoms with Crippen molar-refractivity contribution in [2.24, 2.45) is 0 Å². The number of fused-ring (bicyclic) bond motifs is 1. The van der Waals surface area contributed by atoms with Crippen molar-refractivity contribution in [2.75, 3.05) is 0 Å². The number of rotatable bonds is 2. The van der Waals surface area contributed by atoms with Gasteiger partial charge >= 0.3 is 0 Å².